The van der Waals surface area contributed by atoms with Crippen LogP contribution in [-0.2, 0) is 4.57 Å². The van der Waals surface area contributed by atoms with E-state index < -0.39 is 15.2 Å². The molecule has 0 bridgehead atoms. The van der Waals surface area contributed by atoms with E-state index >= 15 is 4.57 Å². The van der Waals surface area contributed by atoms with Gasteiger partial charge in [-0.3, -0.25) is 0 Å². The number of fused-ring (bicyclic) bond motifs is 3. The number of rotatable bonds is 5. The molecule has 1 aliphatic rings. The van der Waals surface area contributed by atoms with Gasteiger partial charge in [-0.2, -0.15) is 0 Å². The lowest BCUT2D eigenvalue weighted by Crippen LogP contribution is -2.67. The summed E-state index contributed by atoms with van der Waals surface area (Å²) >= 11 is 0. The van der Waals surface area contributed by atoms with Gasteiger partial charge in [-0.1, -0.05) is 171 Å². The van der Waals surface area contributed by atoms with Crippen molar-refractivity contribution in [3.63, 3.8) is 0 Å². The number of hydrogen-bond donors (Lipinski definition) is 0. The molecule has 0 fully saturated rings. The highest BCUT2D eigenvalue weighted by molar-refractivity contribution is 7.86. The molecule has 0 amide bonds. The third-order valence-corrected chi connectivity index (χ3v) is 17.4. The first-order valence-electron chi connectivity index (χ1n) is 17.2. The molecule has 2 heterocycles. The maximum Gasteiger partial charge on any atom is 0.170 e. The molecule has 1 unspecified atom stereocenters. The maximum absolute atomic E-state index is 15.8. The second-order valence-corrected chi connectivity index (χ2v) is 20.6. The molecule has 0 spiro atoms. The van der Waals surface area contributed by atoms with E-state index in [9.17, 15) is 0 Å². The van der Waals surface area contributed by atoms with Crippen LogP contribution in [0.5, 0.6) is 0 Å². The fraction of sp³-hybridized carbons (Fsp3) is 0.0444. The van der Waals surface area contributed by atoms with Crippen molar-refractivity contribution in [3.8, 4) is 45.3 Å². The SMILES string of the molecule is C[Si]1(C)c2ccccc2P(=O)(c2ccccc2)c2cc(-c3ccc(-c4nc(-c5ccccc5)nc(-c5ccccc5)n4)c4ccccc34)ccc21. The van der Waals surface area contributed by atoms with Gasteiger partial charge in [0.1, 0.15) is 8.07 Å². The summed E-state index contributed by atoms with van der Waals surface area (Å²) in [5, 5.41) is 7.45. The molecule has 0 saturated carbocycles. The second kappa shape index (κ2) is 12.2. The number of nitrogens with zero attached hydrogens (tertiary/aromatic N) is 3. The Balaban J connectivity index is 1.25. The zero-order chi connectivity index (χ0) is 34.6. The fourth-order valence-corrected chi connectivity index (χ4v) is 15.8. The molecule has 1 aliphatic heterocycles. The van der Waals surface area contributed by atoms with Crippen molar-refractivity contribution in [1.29, 1.82) is 0 Å². The van der Waals surface area contributed by atoms with Crippen LogP contribution in [0.2, 0.25) is 13.1 Å². The normalized spacial score (nSPS) is 16.0. The van der Waals surface area contributed by atoms with Crippen molar-refractivity contribution in [3.05, 3.63) is 170 Å². The van der Waals surface area contributed by atoms with Gasteiger partial charge < -0.3 is 4.57 Å². The predicted molar refractivity (Wildman–Crippen MR) is 215 cm³/mol. The van der Waals surface area contributed by atoms with Crippen molar-refractivity contribution in [1.82, 2.24) is 15.0 Å². The monoisotopic (exact) mass is 691 g/mol. The lowest BCUT2D eigenvalue weighted by molar-refractivity contribution is 0.592. The molecule has 7 aromatic carbocycles. The molecule has 0 N–H and O–H groups in total. The summed E-state index contributed by atoms with van der Waals surface area (Å²) in [5.74, 6) is 1.88. The van der Waals surface area contributed by atoms with Gasteiger partial charge in [0.15, 0.2) is 24.6 Å². The summed E-state index contributed by atoms with van der Waals surface area (Å²) < 4.78 is 15.8. The Morgan fingerprint density at radius 1 is 0.431 bits per heavy atom. The van der Waals surface area contributed by atoms with Crippen LogP contribution < -0.4 is 26.3 Å². The molecule has 1 atom stereocenters. The molecule has 244 valence electrons. The minimum Gasteiger partial charge on any atom is -0.309 e. The first-order chi connectivity index (χ1) is 24.9. The van der Waals surface area contributed by atoms with Crippen molar-refractivity contribution in [2.24, 2.45) is 0 Å². The minimum absolute atomic E-state index is 0.619. The summed E-state index contributed by atoms with van der Waals surface area (Å²) in [6.45, 7) is 4.76. The van der Waals surface area contributed by atoms with Crippen molar-refractivity contribution in [2.45, 2.75) is 13.1 Å². The van der Waals surface area contributed by atoms with Crippen molar-refractivity contribution < 1.29 is 4.57 Å². The van der Waals surface area contributed by atoms with Crippen LogP contribution in [0.1, 0.15) is 0 Å². The van der Waals surface area contributed by atoms with Gasteiger partial charge in [-0.25, -0.2) is 15.0 Å². The fourth-order valence-electron chi connectivity index (χ4n) is 7.63. The molecule has 6 heteroatoms. The molecule has 8 aromatic rings. The van der Waals surface area contributed by atoms with E-state index in [-0.39, 0.29) is 0 Å². The first-order valence-corrected chi connectivity index (χ1v) is 21.9. The topological polar surface area (TPSA) is 55.7 Å². The Labute approximate surface area is 299 Å². The number of benzene rings is 7. The molecule has 0 aliphatic carbocycles. The van der Waals surface area contributed by atoms with Gasteiger partial charge in [0.25, 0.3) is 0 Å². The van der Waals surface area contributed by atoms with E-state index in [0.717, 1.165) is 54.5 Å². The van der Waals surface area contributed by atoms with Crippen LogP contribution in [0, 0.1) is 0 Å². The standard InChI is InChI=1S/C45H34N3OPSi/c1-51(2)41-25-15-14-24-39(41)50(49,34-20-10-5-11-21-34)40-30-33(26-29-42(40)51)35-27-28-38(37-23-13-12-22-36(35)37)45-47-43(31-16-6-3-7-17-31)46-44(48-45)32-18-8-4-9-19-32/h3-30H,1-2H3. The van der Waals surface area contributed by atoms with E-state index in [1.807, 2.05) is 97.1 Å². The van der Waals surface area contributed by atoms with Crippen molar-refractivity contribution in [2.75, 3.05) is 0 Å². The Kier molecular flexibility index (Phi) is 7.50. The van der Waals surface area contributed by atoms with E-state index in [1.165, 1.54) is 10.4 Å². The van der Waals surface area contributed by atoms with Crippen molar-refractivity contribution >= 4 is 52.3 Å². The summed E-state index contributed by atoms with van der Waals surface area (Å²) in [6.07, 6.45) is 0. The Hall–Kier alpha value is -5.74. The average Bonchev–Trinajstić information content (AvgIpc) is 3.20. The average molecular weight is 692 g/mol. The van der Waals surface area contributed by atoms with Crippen LogP contribution >= 0.6 is 7.14 Å². The smallest absolute Gasteiger partial charge is 0.170 e. The highest BCUT2D eigenvalue weighted by Crippen LogP contribution is 2.45. The number of aromatic nitrogens is 3. The van der Waals surface area contributed by atoms with Gasteiger partial charge in [0.05, 0.1) is 0 Å². The van der Waals surface area contributed by atoms with E-state index in [2.05, 4.69) is 85.9 Å². The Bertz CT molecular complexity index is 2590. The minimum atomic E-state index is -3.15. The molecule has 0 radical (unpaired) electrons. The predicted octanol–water partition coefficient (Wildman–Crippen LogP) is 8.47. The van der Waals surface area contributed by atoms with Gasteiger partial charge >= 0.3 is 0 Å². The van der Waals surface area contributed by atoms with Crippen LogP contribution in [0.4, 0.5) is 0 Å². The maximum atomic E-state index is 15.8. The van der Waals surface area contributed by atoms with Gasteiger partial charge in [0.2, 0.25) is 0 Å². The molecular weight excluding hydrogens is 658 g/mol. The van der Waals surface area contributed by atoms with E-state index in [4.69, 9.17) is 15.0 Å². The molecule has 0 saturated heterocycles. The van der Waals surface area contributed by atoms with Gasteiger partial charge in [-0.05, 0) is 44.4 Å². The van der Waals surface area contributed by atoms with E-state index in [1.54, 1.807) is 0 Å². The molecule has 1 aromatic heterocycles. The first kappa shape index (κ1) is 31.3. The Morgan fingerprint density at radius 3 is 1.57 bits per heavy atom. The van der Waals surface area contributed by atoms with Crippen LogP contribution in [0.25, 0.3) is 56.1 Å². The summed E-state index contributed by atoms with van der Waals surface area (Å²) in [4.78, 5) is 15.0. The zero-order valence-corrected chi connectivity index (χ0v) is 30.3. The molecule has 51 heavy (non-hydrogen) atoms. The zero-order valence-electron chi connectivity index (χ0n) is 28.4. The lowest BCUT2D eigenvalue weighted by Gasteiger charge is -2.38. The Morgan fingerprint density at radius 2 is 0.922 bits per heavy atom. The van der Waals surface area contributed by atoms with Crippen LogP contribution in [-0.4, -0.2) is 23.0 Å². The van der Waals surface area contributed by atoms with Crippen LogP contribution in [0.15, 0.2) is 170 Å². The molecule has 9 rings (SSSR count). The van der Waals surface area contributed by atoms with Crippen LogP contribution in [0.3, 0.4) is 0 Å². The largest absolute Gasteiger partial charge is 0.309 e. The highest BCUT2D eigenvalue weighted by atomic mass is 31.2. The quantitative estimate of drug-likeness (QED) is 0.134. The summed E-state index contributed by atoms with van der Waals surface area (Å²) in [6, 6.07) is 58.0. The highest BCUT2D eigenvalue weighted by Gasteiger charge is 2.45. The molecular formula is C45H34N3OPSi. The third kappa shape index (κ3) is 5.12. The summed E-state index contributed by atoms with van der Waals surface area (Å²) in [5.41, 5.74) is 4.92. The third-order valence-electron chi connectivity index (χ3n) is 10.2. The van der Waals surface area contributed by atoms with Gasteiger partial charge in [-0.15, -0.1) is 0 Å². The lowest BCUT2D eigenvalue weighted by atomic mass is 9.94. The van der Waals surface area contributed by atoms with E-state index in [0.29, 0.717) is 17.5 Å². The number of hydrogen-bond acceptors (Lipinski definition) is 4. The molecule has 4 nitrogen and oxygen atoms in total. The van der Waals surface area contributed by atoms with Gasteiger partial charge in [0, 0.05) is 32.6 Å². The summed E-state index contributed by atoms with van der Waals surface area (Å²) in [7, 11) is -5.30. The second-order valence-electron chi connectivity index (χ2n) is 13.6.